The number of rotatable bonds is 5. The van der Waals surface area contributed by atoms with Crippen molar-refractivity contribution in [3.8, 4) is 0 Å². The lowest BCUT2D eigenvalue weighted by Crippen LogP contribution is -2.53. The molecule has 0 bridgehead atoms. The second kappa shape index (κ2) is 11.0. The van der Waals surface area contributed by atoms with Crippen LogP contribution in [0.2, 0.25) is 5.02 Å². The largest absolute Gasteiger partial charge is 0.478 e. The summed E-state index contributed by atoms with van der Waals surface area (Å²) in [4.78, 5) is 21.8. The van der Waals surface area contributed by atoms with Gasteiger partial charge in [0.05, 0.1) is 0 Å². The summed E-state index contributed by atoms with van der Waals surface area (Å²) in [7, 11) is 0. The van der Waals surface area contributed by atoms with Crippen LogP contribution in [0.4, 0.5) is 0 Å². The van der Waals surface area contributed by atoms with Gasteiger partial charge in [-0.15, -0.1) is 6.58 Å². The zero-order chi connectivity index (χ0) is 21.3. The van der Waals surface area contributed by atoms with Gasteiger partial charge in [-0.3, -0.25) is 4.90 Å². The van der Waals surface area contributed by atoms with E-state index in [0.29, 0.717) is 12.2 Å². The standard InChI is InChI=1S/C19H24ClN.C4H4O4/c1-2-14-21-15-6-7-18(16-8-10-17(20)11-9-16)19(21)12-4-3-5-13-19;5-3(6)1-2-4(7)8/h2,7-11H,1,3-6,12-15H2;1-2H,(H,5,6)(H,7,8)/b;2-1-. The van der Waals surface area contributed by atoms with Crippen molar-refractivity contribution in [3.63, 3.8) is 0 Å². The van der Waals surface area contributed by atoms with Gasteiger partial charge in [0, 0.05) is 35.8 Å². The molecule has 0 radical (unpaired) electrons. The molecule has 0 unspecified atom stereocenters. The fourth-order valence-corrected chi connectivity index (χ4v) is 4.37. The van der Waals surface area contributed by atoms with Gasteiger partial charge in [-0.05, 0) is 42.5 Å². The number of carbonyl (C=O) groups is 2. The number of carboxylic acids is 2. The van der Waals surface area contributed by atoms with Crippen molar-refractivity contribution >= 4 is 29.1 Å². The van der Waals surface area contributed by atoms with E-state index < -0.39 is 11.9 Å². The first-order chi connectivity index (χ1) is 13.9. The molecule has 5 nitrogen and oxygen atoms in total. The molecule has 1 spiro atoms. The normalized spacial score (nSPS) is 18.6. The maximum atomic E-state index is 9.55. The molecule has 1 aromatic rings. The molecule has 2 aliphatic rings. The van der Waals surface area contributed by atoms with Crippen molar-refractivity contribution in [3.05, 3.63) is 65.7 Å². The first-order valence-electron chi connectivity index (χ1n) is 9.85. The summed E-state index contributed by atoms with van der Waals surface area (Å²) >= 11 is 6.06. The molecule has 1 aromatic carbocycles. The van der Waals surface area contributed by atoms with E-state index >= 15 is 0 Å². The highest BCUT2D eigenvalue weighted by atomic mass is 35.5. The van der Waals surface area contributed by atoms with Gasteiger partial charge in [0.1, 0.15) is 0 Å². The molecule has 1 aliphatic carbocycles. The van der Waals surface area contributed by atoms with Crippen molar-refractivity contribution in [2.75, 3.05) is 13.1 Å². The van der Waals surface area contributed by atoms with Crippen LogP contribution in [0.15, 0.2) is 55.1 Å². The Kier molecular flexibility index (Phi) is 8.68. The van der Waals surface area contributed by atoms with E-state index in [1.54, 1.807) is 0 Å². The summed E-state index contributed by atoms with van der Waals surface area (Å²) in [6, 6.07) is 8.39. The van der Waals surface area contributed by atoms with Crippen LogP contribution in [0, 0.1) is 0 Å². The Morgan fingerprint density at radius 3 is 2.17 bits per heavy atom. The second-order valence-corrected chi connectivity index (χ2v) is 7.69. The fraction of sp³-hybridized carbons (Fsp3) is 0.391. The molecule has 3 rings (SSSR count). The minimum Gasteiger partial charge on any atom is -0.478 e. The van der Waals surface area contributed by atoms with Gasteiger partial charge >= 0.3 is 11.9 Å². The monoisotopic (exact) mass is 417 g/mol. The fourth-order valence-electron chi connectivity index (χ4n) is 4.24. The summed E-state index contributed by atoms with van der Waals surface area (Å²) in [6.07, 6.45) is 13.4. The molecule has 6 heteroatoms. The summed E-state index contributed by atoms with van der Waals surface area (Å²) in [6.45, 7) is 6.11. The van der Waals surface area contributed by atoms with Crippen LogP contribution < -0.4 is 0 Å². The number of hydrogen-bond donors (Lipinski definition) is 2. The summed E-state index contributed by atoms with van der Waals surface area (Å²) < 4.78 is 0. The van der Waals surface area contributed by atoms with Crippen molar-refractivity contribution in [2.45, 2.75) is 44.1 Å². The van der Waals surface area contributed by atoms with Crippen LogP contribution in [0.25, 0.3) is 5.57 Å². The third-order valence-corrected chi connectivity index (χ3v) is 5.66. The van der Waals surface area contributed by atoms with Gasteiger partial charge in [0.2, 0.25) is 0 Å². The van der Waals surface area contributed by atoms with Crippen molar-refractivity contribution in [1.29, 1.82) is 0 Å². The van der Waals surface area contributed by atoms with E-state index in [9.17, 15) is 9.59 Å². The molecule has 1 fully saturated rings. The second-order valence-electron chi connectivity index (χ2n) is 7.25. The molecule has 0 saturated heterocycles. The maximum Gasteiger partial charge on any atom is 0.328 e. The third kappa shape index (κ3) is 6.31. The van der Waals surface area contributed by atoms with E-state index in [1.807, 2.05) is 12.1 Å². The number of halogens is 1. The summed E-state index contributed by atoms with van der Waals surface area (Å²) in [5.41, 5.74) is 3.08. The Labute approximate surface area is 177 Å². The Morgan fingerprint density at radius 2 is 1.66 bits per heavy atom. The smallest absolute Gasteiger partial charge is 0.328 e. The van der Waals surface area contributed by atoms with Gasteiger partial charge in [-0.25, -0.2) is 9.59 Å². The molecule has 29 heavy (non-hydrogen) atoms. The van der Waals surface area contributed by atoms with Crippen molar-refractivity contribution < 1.29 is 19.8 Å². The van der Waals surface area contributed by atoms with Crippen LogP contribution in [0.5, 0.6) is 0 Å². The van der Waals surface area contributed by atoms with Gasteiger partial charge in [0.25, 0.3) is 0 Å². The Bertz CT molecular complexity index is 761. The molecule has 0 atom stereocenters. The minimum absolute atomic E-state index is 0.221. The summed E-state index contributed by atoms with van der Waals surface area (Å²) in [5, 5.41) is 16.4. The lowest BCUT2D eigenvalue weighted by Gasteiger charge is -2.50. The molecule has 2 N–H and O–H groups in total. The Morgan fingerprint density at radius 1 is 1.07 bits per heavy atom. The lowest BCUT2D eigenvalue weighted by molar-refractivity contribution is -0.134. The topological polar surface area (TPSA) is 77.8 Å². The zero-order valence-corrected chi connectivity index (χ0v) is 17.3. The Balaban J connectivity index is 0.000000321. The van der Waals surface area contributed by atoms with E-state index in [0.717, 1.165) is 24.5 Å². The van der Waals surface area contributed by atoms with E-state index in [-0.39, 0.29) is 5.54 Å². The molecule has 156 valence electrons. The number of benzene rings is 1. The molecule has 0 amide bonds. The third-order valence-electron chi connectivity index (χ3n) is 5.41. The first kappa shape index (κ1) is 22.9. The number of carboxylic acid groups (broad SMARTS) is 2. The molecule has 1 saturated carbocycles. The number of hydrogen-bond acceptors (Lipinski definition) is 3. The highest BCUT2D eigenvalue weighted by Crippen LogP contribution is 2.46. The summed E-state index contributed by atoms with van der Waals surface area (Å²) in [5.74, 6) is -2.51. The number of aliphatic carboxylic acids is 2. The zero-order valence-electron chi connectivity index (χ0n) is 16.5. The van der Waals surface area contributed by atoms with Crippen LogP contribution >= 0.6 is 11.6 Å². The SMILES string of the molecule is C=CCN1CCC=C(c2ccc(Cl)cc2)C12CCCCC2.O=C(O)/C=C\C(=O)O. The maximum absolute atomic E-state index is 9.55. The molecule has 1 aliphatic heterocycles. The number of nitrogens with zero attached hydrogens (tertiary/aromatic N) is 1. The van der Waals surface area contributed by atoms with Crippen LogP contribution in [-0.2, 0) is 9.59 Å². The van der Waals surface area contributed by atoms with Crippen LogP contribution in [0.1, 0.15) is 44.1 Å². The molecular weight excluding hydrogens is 390 g/mol. The van der Waals surface area contributed by atoms with Crippen LogP contribution in [-0.4, -0.2) is 45.7 Å². The van der Waals surface area contributed by atoms with Gasteiger partial charge in [0.15, 0.2) is 0 Å². The first-order valence-corrected chi connectivity index (χ1v) is 10.2. The predicted molar refractivity (Wildman–Crippen MR) is 116 cm³/mol. The average Bonchev–Trinajstić information content (AvgIpc) is 2.70. The van der Waals surface area contributed by atoms with E-state index in [2.05, 4.69) is 35.8 Å². The predicted octanol–water partition coefficient (Wildman–Crippen LogP) is 5.03. The van der Waals surface area contributed by atoms with E-state index in [4.69, 9.17) is 21.8 Å². The van der Waals surface area contributed by atoms with Gasteiger partial charge in [-0.2, -0.15) is 0 Å². The Hall–Kier alpha value is -2.37. The quantitative estimate of drug-likeness (QED) is 0.519. The van der Waals surface area contributed by atoms with Crippen molar-refractivity contribution in [1.82, 2.24) is 4.90 Å². The van der Waals surface area contributed by atoms with Crippen molar-refractivity contribution in [2.24, 2.45) is 0 Å². The minimum atomic E-state index is -1.26. The lowest BCUT2D eigenvalue weighted by atomic mass is 9.71. The highest BCUT2D eigenvalue weighted by molar-refractivity contribution is 6.30. The molecule has 1 heterocycles. The van der Waals surface area contributed by atoms with Gasteiger partial charge < -0.3 is 10.2 Å². The highest BCUT2D eigenvalue weighted by Gasteiger charge is 2.42. The molecular formula is C23H28ClNO4. The molecule has 0 aromatic heterocycles. The van der Waals surface area contributed by atoms with Gasteiger partial charge in [-0.1, -0.05) is 55.1 Å². The van der Waals surface area contributed by atoms with Crippen LogP contribution in [0.3, 0.4) is 0 Å². The van der Waals surface area contributed by atoms with E-state index in [1.165, 1.54) is 43.2 Å². The average molecular weight is 418 g/mol.